The fraction of sp³-hybridized carbons (Fsp3) is 0.409. The molecule has 8 heteroatoms. The summed E-state index contributed by atoms with van der Waals surface area (Å²) in [5.74, 6) is 0.0180. The molecular formula is C22H26FNO6. The minimum Gasteiger partial charge on any atom is -0.494 e. The molecule has 7 nitrogen and oxygen atoms in total. The van der Waals surface area contributed by atoms with Gasteiger partial charge in [0.05, 0.1) is 34.5 Å². The summed E-state index contributed by atoms with van der Waals surface area (Å²) in [7, 11) is 5.94. The number of halogens is 1. The van der Waals surface area contributed by atoms with E-state index in [1.807, 2.05) is 4.90 Å². The van der Waals surface area contributed by atoms with E-state index in [0.717, 1.165) is 6.42 Å². The molecule has 1 aliphatic heterocycles. The molecule has 0 bridgehead atoms. The monoisotopic (exact) mass is 419 g/mol. The number of carboxylic acid groups (broad SMARTS) is 1. The molecule has 2 aromatic carbocycles. The Morgan fingerprint density at radius 2 is 1.63 bits per heavy atom. The quantitative estimate of drug-likeness (QED) is 0.702. The van der Waals surface area contributed by atoms with Crippen LogP contribution in [-0.4, -0.2) is 57.0 Å². The van der Waals surface area contributed by atoms with E-state index >= 15 is 0 Å². The van der Waals surface area contributed by atoms with Gasteiger partial charge in [-0.25, -0.2) is 4.39 Å². The Balaban J connectivity index is 2.19. The van der Waals surface area contributed by atoms with Gasteiger partial charge in [-0.3, -0.25) is 9.69 Å². The summed E-state index contributed by atoms with van der Waals surface area (Å²) in [4.78, 5) is 13.8. The van der Waals surface area contributed by atoms with Crippen molar-refractivity contribution < 1.29 is 33.2 Å². The van der Waals surface area contributed by atoms with Gasteiger partial charge in [-0.2, -0.15) is 0 Å². The molecule has 1 N–H and O–H groups in total. The van der Waals surface area contributed by atoms with Crippen LogP contribution in [0.3, 0.4) is 0 Å². The highest BCUT2D eigenvalue weighted by Gasteiger charge is 2.37. The molecule has 2 unspecified atom stereocenters. The van der Waals surface area contributed by atoms with E-state index in [2.05, 4.69) is 0 Å². The van der Waals surface area contributed by atoms with Gasteiger partial charge in [0.2, 0.25) is 5.75 Å². The van der Waals surface area contributed by atoms with Crippen molar-refractivity contribution >= 4 is 5.97 Å². The highest BCUT2D eigenvalue weighted by atomic mass is 19.1. The molecule has 0 aromatic heterocycles. The zero-order valence-electron chi connectivity index (χ0n) is 17.5. The smallest absolute Gasteiger partial charge is 0.320 e. The van der Waals surface area contributed by atoms with Crippen molar-refractivity contribution in [3.63, 3.8) is 0 Å². The zero-order chi connectivity index (χ0) is 21.8. The van der Waals surface area contributed by atoms with Crippen LogP contribution in [0.4, 0.5) is 4.39 Å². The Hall–Kier alpha value is -3.00. The van der Waals surface area contributed by atoms with Gasteiger partial charge in [0.1, 0.15) is 6.04 Å². The molecule has 1 heterocycles. The summed E-state index contributed by atoms with van der Waals surface area (Å²) in [5.41, 5.74) is 1.32. The van der Waals surface area contributed by atoms with E-state index in [1.165, 1.54) is 34.5 Å². The van der Waals surface area contributed by atoms with Crippen LogP contribution < -0.4 is 18.9 Å². The molecule has 3 rings (SSSR count). The van der Waals surface area contributed by atoms with Crippen molar-refractivity contribution in [2.45, 2.75) is 24.9 Å². The van der Waals surface area contributed by atoms with E-state index in [4.69, 9.17) is 18.9 Å². The first-order valence-corrected chi connectivity index (χ1v) is 9.57. The summed E-state index contributed by atoms with van der Waals surface area (Å²) < 4.78 is 35.9. The minimum atomic E-state index is -0.904. The standard InChI is InChI=1S/C22H26FNO6/c1-27-17-8-7-13(10-15(17)23)20(24-9-5-6-16(24)22(25)26)14-11-18(28-2)21(30-4)19(12-14)29-3/h7-8,10-12,16,20H,5-6,9H2,1-4H3,(H,25,26). The van der Waals surface area contributed by atoms with Gasteiger partial charge in [0.15, 0.2) is 23.1 Å². The van der Waals surface area contributed by atoms with Crippen LogP contribution in [0.15, 0.2) is 30.3 Å². The summed E-state index contributed by atoms with van der Waals surface area (Å²) in [6.45, 7) is 0.561. The average molecular weight is 419 g/mol. The lowest BCUT2D eigenvalue weighted by atomic mass is 9.95. The minimum absolute atomic E-state index is 0.124. The van der Waals surface area contributed by atoms with Gasteiger partial charge < -0.3 is 24.1 Å². The number of rotatable bonds is 8. The summed E-state index contributed by atoms with van der Waals surface area (Å²) >= 11 is 0. The van der Waals surface area contributed by atoms with Crippen molar-refractivity contribution in [3.8, 4) is 23.0 Å². The number of ether oxygens (including phenoxy) is 4. The number of carboxylic acids is 1. The van der Waals surface area contributed by atoms with E-state index in [-0.39, 0.29) is 5.75 Å². The zero-order valence-corrected chi connectivity index (χ0v) is 17.5. The number of nitrogens with zero attached hydrogens (tertiary/aromatic N) is 1. The fourth-order valence-corrected chi connectivity index (χ4v) is 4.05. The molecular weight excluding hydrogens is 393 g/mol. The average Bonchev–Trinajstić information content (AvgIpc) is 3.23. The van der Waals surface area contributed by atoms with Crippen molar-refractivity contribution in [2.24, 2.45) is 0 Å². The first kappa shape index (κ1) is 21.7. The molecule has 1 fully saturated rings. The van der Waals surface area contributed by atoms with Crippen molar-refractivity contribution in [1.82, 2.24) is 4.90 Å². The highest BCUT2D eigenvalue weighted by molar-refractivity contribution is 5.74. The number of likely N-dealkylation sites (tertiary alicyclic amines) is 1. The largest absolute Gasteiger partial charge is 0.494 e. The Bertz CT molecular complexity index is 893. The topological polar surface area (TPSA) is 77.5 Å². The van der Waals surface area contributed by atoms with Crippen molar-refractivity contribution in [2.75, 3.05) is 35.0 Å². The maximum atomic E-state index is 14.5. The van der Waals surface area contributed by atoms with Gasteiger partial charge in [0.25, 0.3) is 0 Å². The first-order valence-electron chi connectivity index (χ1n) is 9.57. The number of carbonyl (C=O) groups is 1. The van der Waals surface area contributed by atoms with E-state index < -0.39 is 23.9 Å². The van der Waals surface area contributed by atoms with Gasteiger partial charge in [-0.15, -0.1) is 0 Å². The van der Waals surface area contributed by atoms with E-state index in [0.29, 0.717) is 41.3 Å². The maximum Gasteiger partial charge on any atom is 0.320 e. The molecule has 0 saturated carbocycles. The second-order valence-electron chi connectivity index (χ2n) is 6.99. The summed E-state index contributed by atoms with van der Waals surface area (Å²) in [6, 6.07) is 7.00. The van der Waals surface area contributed by atoms with Crippen molar-refractivity contribution in [1.29, 1.82) is 0 Å². The normalized spacial score (nSPS) is 17.4. The third kappa shape index (κ3) is 4.00. The van der Waals surface area contributed by atoms with Crippen molar-refractivity contribution in [3.05, 3.63) is 47.3 Å². The molecule has 0 amide bonds. The van der Waals surface area contributed by atoms with Gasteiger partial charge >= 0.3 is 5.97 Å². The van der Waals surface area contributed by atoms with Gasteiger partial charge in [0, 0.05) is 6.54 Å². The Morgan fingerprint density at radius 3 is 2.13 bits per heavy atom. The van der Waals surface area contributed by atoms with Crippen LogP contribution in [0.1, 0.15) is 30.0 Å². The van der Waals surface area contributed by atoms with Gasteiger partial charge in [-0.05, 0) is 48.2 Å². The third-order valence-electron chi connectivity index (χ3n) is 5.41. The lowest BCUT2D eigenvalue weighted by Gasteiger charge is -2.32. The molecule has 0 aliphatic carbocycles. The third-order valence-corrected chi connectivity index (χ3v) is 5.41. The Morgan fingerprint density at radius 1 is 1.00 bits per heavy atom. The molecule has 30 heavy (non-hydrogen) atoms. The molecule has 0 radical (unpaired) electrons. The Kier molecular flexibility index (Phi) is 6.66. The lowest BCUT2D eigenvalue weighted by molar-refractivity contribution is -0.142. The predicted octanol–water partition coefficient (Wildman–Crippen LogP) is 3.50. The molecule has 2 aromatic rings. The summed E-state index contributed by atoms with van der Waals surface area (Å²) in [6.07, 6.45) is 1.26. The highest BCUT2D eigenvalue weighted by Crippen LogP contribution is 2.44. The van der Waals surface area contributed by atoms with Crippen LogP contribution in [0.5, 0.6) is 23.0 Å². The fourth-order valence-electron chi connectivity index (χ4n) is 4.05. The number of aliphatic carboxylic acids is 1. The van der Waals surface area contributed by atoms with Crippen LogP contribution >= 0.6 is 0 Å². The van der Waals surface area contributed by atoms with Crippen LogP contribution in [-0.2, 0) is 4.79 Å². The number of hydrogen-bond donors (Lipinski definition) is 1. The summed E-state index contributed by atoms with van der Waals surface area (Å²) in [5, 5.41) is 9.74. The van der Waals surface area contributed by atoms with E-state index in [9.17, 15) is 14.3 Å². The molecule has 1 saturated heterocycles. The molecule has 0 spiro atoms. The second kappa shape index (κ2) is 9.21. The lowest BCUT2D eigenvalue weighted by Crippen LogP contribution is -2.39. The number of benzene rings is 2. The van der Waals surface area contributed by atoms with Crippen LogP contribution in [0, 0.1) is 5.82 Å². The van der Waals surface area contributed by atoms with Crippen LogP contribution in [0.25, 0.3) is 0 Å². The molecule has 1 aliphatic rings. The number of methoxy groups -OCH3 is 4. The van der Waals surface area contributed by atoms with E-state index in [1.54, 1.807) is 24.3 Å². The maximum absolute atomic E-state index is 14.5. The first-order chi connectivity index (χ1) is 14.4. The second-order valence-corrected chi connectivity index (χ2v) is 6.99. The molecule has 162 valence electrons. The molecule has 2 atom stereocenters. The SMILES string of the molecule is COc1ccc(C(c2cc(OC)c(OC)c(OC)c2)N2CCCC2C(=O)O)cc1F. The predicted molar refractivity (Wildman–Crippen MR) is 108 cm³/mol. The Labute approximate surface area is 174 Å². The van der Waals surface area contributed by atoms with Gasteiger partial charge in [-0.1, -0.05) is 6.07 Å². The van der Waals surface area contributed by atoms with Crippen LogP contribution in [0.2, 0.25) is 0 Å². The number of hydrogen-bond acceptors (Lipinski definition) is 6.